The molecule has 0 saturated carbocycles. The first-order valence-corrected chi connectivity index (χ1v) is 12.2. The fourth-order valence-electron chi connectivity index (χ4n) is 3.38. The van der Waals surface area contributed by atoms with Gasteiger partial charge in [0.25, 0.3) is 10.0 Å². The van der Waals surface area contributed by atoms with Crippen molar-refractivity contribution in [2.24, 2.45) is 0 Å². The number of fused-ring (bicyclic) bond motifs is 1. The molecule has 9 nitrogen and oxygen atoms in total. The Labute approximate surface area is 184 Å². The van der Waals surface area contributed by atoms with Crippen LogP contribution in [0, 0.1) is 0 Å². The van der Waals surface area contributed by atoms with E-state index in [-0.39, 0.29) is 42.1 Å². The monoisotopic (exact) mass is 465 g/mol. The summed E-state index contributed by atoms with van der Waals surface area (Å²) in [6, 6.07) is 10.4. The minimum absolute atomic E-state index is 0.135. The number of para-hydroxylation sites is 2. The Morgan fingerprint density at radius 1 is 1.10 bits per heavy atom. The summed E-state index contributed by atoms with van der Waals surface area (Å²) in [5, 5.41) is 2.77. The number of hydrogen-bond donors (Lipinski definition) is 1. The number of nitrogens with one attached hydrogen (secondary N) is 1. The van der Waals surface area contributed by atoms with Gasteiger partial charge in [0.1, 0.15) is 16.5 Å². The number of carbonyl (C=O) groups is 2. The van der Waals surface area contributed by atoms with Crippen LogP contribution < -0.4 is 15.0 Å². The number of sulfonamides is 1. The van der Waals surface area contributed by atoms with E-state index in [4.69, 9.17) is 9.47 Å². The topological polar surface area (TPSA) is 105 Å². The van der Waals surface area contributed by atoms with Crippen molar-refractivity contribution in [1.29, 1.82) is 0 Å². The summed E-state index contributed by atoms with van der Waals surface area (Å²) in [7, 11) is -3.55. The van der Waals surface area contributed by atoms with Crippen LogP contribution in [0.2, 0.25) is 0 Å². The molecule has 1 N–H and O–H groups in total. The second-order valence-corrected chi connectivity index (χ2v) is 10.4. The van der Waals surface area contributed by atoms with E-state index in [2.05, 4.69) is 5.32 Å². The van der Waals surface area contributed by atoms with Crippen molar-refractivity contribution in [3.8, 4) is 5.75 Å². The molecule has 2 amide bonds. The molecule has 31 heavy (non-hydrogen) atoms. The van der Waals surface area contributed by atoms with Crippen molar-refractivity contribution in [2.75, 3.05) is 44.4 Å². The van der Waals surface area contributed by atoms with E-state index < -0.39 is 10.0 Å². The molecular formula is C20H23N3O6S2. The SMILES string of the molecule is O=C(CN1C(=O)CCOc2ccccc21)NCc1ccc(S(=O)(=O)N2CCOCC2)s1. The van der Waals surface area contributed by atoms with E-state index in [0.29, 0.717) is 42.6 Å². The van der Waals surface area contributed by atoms with Crippen molar-refractivity contribution in [3.63, 3.8) is 0 Å². The number of amides is 2. The van der Waals surface area contributed by atoms with Crippen LogP contribution in [0.25, 0.3) is 0 Å². The molecule has 0 aliphatic carbocycles. The third kappa shape index (κ3) is 4.90. The van der Waals surface area contributed by atoms with Gasteiger partial charge in [-0.1, -0.05) is 12.1 Å². The lowest BCUT2D eigenvalue weighted by Crippen LogP contribution is -2.40. The van der Waals surface area contributed by atoms with Crippen LogP contribution in [-0.2, 0) is 30.9 Å². The third-order valence-corrected chi connectivity index (χ3v) is 8.44. The first kappa shape index (κ1) is 21.8. The quantitative estimate of drug-likeness (QED) is 0.687. The summed E-state index contributed by atoms with van der Waals surface area (Å²) in [6.07, 6.45) is 0.190. The standard InChI is InChI=1S/C20H23N3O6S2/c24-18(14-23-16-3-1-2-4-17(16)29-10-7-19(23)25)21-13-15-5-6-20(30-15)31(26,27)22-8-11-28-12-9-22/h1-6H,7-14H2,(H,21,24). The number of ether oxygens (including phenoxy) is 2. The van der Waals surface area contributed by atoms with Crippen LogP contribution in [-0.4, -0.2) is 64.0 Å². The Morgan fingerprint density at radius 3 is 2.68 bits per heavy atom. The molecule has 4 rings (SSSR count). The molecule has 3 heterocycles. The van der Waals surface area contributed by atoms with Crippen molar-refractivity contribution in [3.05, 3.63) is 41.3 Å². The molecule has 166 valence electrons. The lowest BCUT2D eigenvalue weighted by atomic mass is 10.2. The number of hydrogen-bond acceptors (Lipinski definition) is 7. The van der Waals surface area contributed by atoms with E-state index in [9.17, 15) is 18.0 Å². The summed E-state index contributed by atoms with van der Waals surface area (Å²) < 4.78 is 37.9. The largest absolute Gasteiger partial charge is 0.491 e. The predicted molar refractivity (Wildman–Crippen MR) is 115 cm³/mol. The molecule has 0 unspecified atom stereocenters. The second-order valence-electron chi connectivity index (χ2n) is 7.06. The van der Waals surface area contributed by atoms with Gasteiger partial charge >= 0.3 is 0 Å². The van der Waals surface area contributed by atoms with Crippen LogP contribution in [0.1, 0.15) is 11.3 Å². The zero-order valence-corrected chi connectivity index (χ0v) is 18.4. The van der Waals surface area contributed by atoms with Crippen LogP contribution in [0.3, 0.4) is 0 Å². The number of anilines is 1. The average molecular weight is 466 g/mol. The van der Waals surface area contributed by atoms with Crippen molar-refractivity contribution >= 4 is 38.9 Å². The van der Waals surface area contributed by atoms with Gasteiger partial charge in [-0.3, -0.25) is 14.5 Å². The number of morpholine rings is 1. The second kappa shape index (κ2) is 9.35. The molecule has 2 aliphatic rings. The van der Waals surface area contributed by atoms with Gasteiger partial charge in [0.05, 0.1) is 38.5 Å². The number of rotatable bonds is 6. The molecule has 2 aromatic rings. The predicted octanol–water partition coefficient (Wildman–Crippen LogP) is 1.20. The maximum absolute atomic E-state index is 12.7. The summed E-state index contributed by atoms with van der Waals surface area (Å²) >= 11 is 1.13. The summed E-state index contributed by atoms with van der Waals surface area (Å²) in [4.78, 5) is 27.1. The van der Waals surface area contributed by atoms with Crippen LogP contribution in [0.15, 0.2) is 40.6 Å². The molecule has 11 heteroatoms. The highest BCUT2D eigenvalue weighted by molar-refractivity contribution is 7.91. The molecule has 1 saturated heterocycles. The molecule has 1 aromatic carbocycles. The van der Waals surface area contributed by atoms with Gasteiger partial charge in [0, 0.05) is 18.0 Å². The minimum atomic E-state index is -3.55. The molecule has 0 atom stereocenters. The molecule has 1 fully saturated rings. The van der Waals surface area contributed by atoms with Crippen LogP contribution >= 0.6 is 11.3 Å². The van der Waals surface area contributed by atoms with E-state index in [0.717, 1.165) is 11.3 Å². The first-order chi connectivity index (χ1) is 14.9. The Hall–Kier alpha value is -2.47. The zero-order valence-electron chi connectivity index (χ0n) is 16.8. The Morgan fingerprint density at radius 2 is 1.87 bits per heavy atom. The lowest BCUT2D eigenvalue weighted by molar-refractivity contribution is -0.124. The fourth-order valence-corrected chi connectivity index (χ4v) is 6.24. The van der Waals surface area contributed by atoms with Crippen molar-refractivity contribution in [2.45, 2.75) is 17.2 Å². The number of thiophene rings is 1. The lowest BCUT2D eigenvalue weighted by Gasteiger charge is -2.25. The molecule has 0 radical (unpaired) electrons. The van der Waals surface area contributed by atoms with Gasteiger partial charge in [0.2, 0.25) is 11.8 Å². The van der Waals surface area contributed by atoms with Gasteiger partial charge in [-0.05, 0) is 24.3 Å². The van der Waals surface area contributed by atoms with Crippen molar-refractivity contribution in [1.82, 2.24) is 9.62 Å². The number of benzene rings is 1. The van der Waals surface area contributed by atoms with Gasteiger partial charge < -0.3 is 14.8 Å². The number of nitrogens with zero attached hydrogens (tertiary/aromatic N) is 2. The Bertz CT molecular complexity index is 1060. The van der Waals surface area contributed by atoms with Gasteiger partial charge in [-0.25, -0.2) is 8.42 Å². The summed E-state index contributed by atoms with van der Waals surface area (Å²) in [5.41, 5.74) is 0.565. The van der Waals surface area contributed by atoms with E-state index >= 15 is 0 Å². The number of carbonyl (C=O) groups excluding carboxylic acids is 2. The molecule has 0 spiro atoms. The highest BCUT2D eigenvalue weighted by atomic mass is 32.2. The summed E-state index contributed by atoms with van der Waals surface area (Å²) in [6.45, 7) is 1.76. The third-order valence-electron chi connectivity index (χ3n) is 4.99. The van der Waals surface area contributed by atoms with Crippen LogP contribution in [0.5, 0.6) is 5.75 Å². The van der Waals surface area contributed by atoms with Gasteiger partial charge in [-0.15, -0.1) is 11.3 Å². The average Bonchev–Trinajstić information content (AvgIpc) is 3.21. The molecule has 2 aliphatic heterocycles. The first-order valence-electron chi connectivity index (χ1n) is 9.90. The minimum Gasteiger partial charge on any atom is -0.491 e. The maximum Gasteiger partial charge on any atom is 0.252 e. The van der Waals surface area contributed by atoms with Gasteiger partial charge in [-0.2, -0.15) is 4.31 Å². The molecule has 1 aromatic heterocycles. The highest BCUT2D eigenvalue weighted by Crippen LogP contribution is 2.31. The fraction of sp³-hybridized carbons (Fsp3) is 0.400. The van der Waals surface area contributed by atoms with E-state index in [1.165, 1.54) is 9.21 Å². The smallest absolute Gasteiger partial charge is 0.252 e. The maximum atomic E-state index is 12.7. The highest BCUT2D eigenvalue weighted by Gasteiger charge is 2.28. The molecular weight excluding hydrogens is 442 g/mol. The van der Waals surface area contributed by atoms with Crippen molar-refractivity contribution < 1.29 is 27.5 Å². The Kier molecular flexibility index (Phi) is 6.56. The Balaban J connectivity index is 1.38. The normalized spacial score (nSPS) is 17.5. The summed E-state index contributed by atoms with van der Waals surface area (Å²) in [5.74, 6) is 0.0449. The van der Waals surface area contributed by atoms with E-state index in [1.807, 2.05) is 6.07 Å². The molecule has 0 bridgehead atoms. The van der Waals surface area contributed by atoms with E-state index in [1.54, 1.807) is 30.3 Å². The zero-order chi connectivity index (χ0) is 21.8. The van der Waals surface area contributed by atoms with Crippen LogP contribution in [0.4, 0.5) is 5.69 Å². The van der Waals surface area contributed by atoms with Gasteiger partial charge in [0.15, 0.2) is 0 Å².